The Morgan fingerprint density at radius 3 is 2.38 bits per heavy atom. The molecule has 8 nitrogen and oxygen atoms in total. The zero-order chi connectivity index (χ0) is 21.4. The molecule has 0 bridgehead atoms. The van der Waals surface area contributed by atoms with Crippen LogP contribution in [0.1, 0.15) is 46.1 Å². The van der Waals surface area contributed by atoms with Crippen LogP contribution in [-0.2, 0) is 0 Å². The summed E-state index contributed by atoms with van der Waals surface area (Å²) in [6, 6.07) is 5.40. The topological polar surface area (TPSA) is 105 Å². The van der Waals surface area contributed by atoms with Crippen LogP contribution in [0.4, 0.5) is 23.0 Å². The van der Waals surface area contributed by atoms with Crippen LogP contribution < -0.4 is 16.0 Å². The molecule has 0 unspecified atom stereocenters. The summed E-state index contributed by atoms with van der Waals surface area (Å²) in [5.41, 5.74) is 1.17. The number of piperidine rings is 1. The van der Waals surface area contributed by atoms with Crippen molar-refractivity contribution in [3.05, 3.63) is 45.2 Å². The molecule has 1 aromatic carbocycles. The van der Waals surface area contributed by atoms with Gasteiger partial charge in [0, 0.05) is 27.8 Å². The molecule has 0 amide bonds. The first-order chi connectivity index (χ1) is 13.5. The lowest BCUT2D eigenvalue weighted by Crippen LogP contribution is -2.60. The number of nitrogens with zero attached hydrogens (tertiary/aromatic N) is 3. The lowest BCUT2D eigenvalue weighted by molar-refractivity contribution is -0.383. The van der Waals surface area contributed by atoms with E-state index in [9.17, 15) is 10.1 Å². The predicted octanol–water partition coefficient (Wildman–Crippen LogP) is 4.81. The van der Waals surface area contributed by atoms with Gasteiger partial charge in [0.05, 0.1) is 4.92 Å². The lowest BCUT2D eigenvalue weighted by atomic mass is 9.79. The van der Waals surface area contributed by atoms with Gasteiger partial charge in [-0.25, -0.2) is 9.97 Å². The van der Waals surface area contributed by atoms with Gasteiger partial charge < -0.3 is 16.0 Å². The molecule has 3 rings (SSSR count). The predicted molar refractivity (Wildman–Crippen MR) is 116 cm³/mol. The maximum atomic E-state index is 11.9. The van der Waals surface area contributed by atoms with Crippen molar-refractivity contribution in [3.63, 3.8) is 0 Å². The summed E-state index contributed by atoms with van der Waals surface area (Å²) in [6.45, 7) is 10.4. The van der Waals surface area contributed by atoms with Crippen molar-refractivity contribution in [2.24, 2.45) is 0 Å². The van der Waals surface area contributed by atoms with Crippen molar-refractivity contribution >= 4 is 34.6 Å². The fourth-order valence-electron chi connectivity index (χ4n) is 4.17. The van der Waals surface area contributed by atoms with E-state index in [4.69, 9.17) is 11.6 Å². The van der Waals surface area contributed by atoms with Gasteiger partial charge >= 0.3 is 5.69 Å². The Hall–Kier alpha value is -2.45. The maximum absolute atomic E-state index is 11.9. The minimum absolute atomic E-state index is 0.0384. The van der Waals surface area contributed by atoms with Gasteiger partial charge in [0.15, 0.2) is 0 Å². The first-order valence-electron chi connectivity index (χ1n) is 9.54. The van der Waals surface area contributed by atoms with E-state index in [0.717, 1.165) is 18.4 Å². The zero-order valence-electron chi connectivity index (χ0n) is 17.3. The highest BCUT2D eigenvalue weighted by atomic mass is 35.5. The van der Waals surface area contributed by atoms with Crippen LogP contribution in [0.15, 0.2) is 24.5 Å². The number of halogens is 1. The van der Waals surface area contributed by atoms with E-state index >= 15 is 0 Å². The van der Waals surface area contributed by atoms with E-state index in [-0.39, 0.29) is 34.4 Å². The monoisotopic (exact) mass is 418 g/mol. The van der Waals surface area contributed by atoms with Crippen LogP contribution in [-0.4, -0.2) is 32.0 Å². The van der Waals surface area contributed by atoms with Crippen LogP contribution in [0.25, 0.3) is 0 Å². The fourth-order valence-corrected chi connectivity index (χ4v) is 4.35. The summed E-state index contributed by atoms with van der Waals surface area (Å²) in [4.78, 5) is 19.7. The van der Waals surface area contributed by atoms with Gasteiger partial charge in [0.1, 0.15) is 6.33 Å². The van der Waals surface area contributed by atoms with E-state index in [0.29, 0.717) is 10.7 Å². The molecule has 1 aliphatic heterocycles. The number of nitro groups is 1. The van der Waals surface area contributed by atoms with E-state index < -0.39 is 4.92 Å². The first-order valence-corrected chi connectivity index (χ1v) is 9.92. The molecule has 9 heteroatoms. The Morgan fingerprint density at radius 1 is 1.17 bits per heavy atom. The van der Waals surface area contributed by atoms with E-state index in [1.54, 1.807) is 12.1 Å². The molecule has 1 fully saturated rings. The summed E-state index contributed by atoms with van der Waals surface area (Å²) in [5.74, 6) is 0.337. The molecule has 3 N–H and O–H groups in total. The van der Waals surface area contributed by atoms with Crippen molar-refractivity contribution in [2.45, 2.75) is 64.6 Å². The number of nitrogens with one attached hydrogen (secondary N) is 3. The van der Waals surface area contributed by atoms with Crippen molar-refractivity contribution in [2.75, 3.05) is 10.6 Å². The summed E-state index contributed by atoms with van der Waals surface area (Å²) in [5, 5.41) is 22.3. The Bertz CT molecular complexity index is 915. The molecule has 0 saturated carbocycles. The second-order valence-corrected chi connectivity index (χ2v) is 9.32. The summed E-state index contributed by atoms with van der Waals surface area (Å²) >= 11 is 6.17. The van der Waals surface area contributed by atoms with E-state index in [1.165, 1.54) is 6.33 Å². The van der Waals surface area contributed by atoms with E-state index in [2.05, 4.69) is 53.6 Å². The zero-order valence-corrected chi connectivity index (χ0v) is 18.1. The van der Waals surface area contributed by atoms with Crippen LogP contribution in [0.5, 0.6) is 0 Å². The summed E-state index contributed by atoms with van der Waals surface area (Å²) in [6.07, 6.45) is 2.95. The average molecular weight is 419 g/mol. The third kappa shape index (κ3) is 5.13. The van der Waals surface area contributed by atoms with Gasteiger partial charge in [-0.15, -0.1) is 0 Å². The third-order valence-corrected chi connectivity index (χ3v) is 5.38. The first kappa shape index (κ1) is 21.3. The molecule has 0 atom stereocenters. The lowest BCUT2D eigenvalue weighted by Gasteiger charge is -2.46. The van der Waals surface area contributed by atoms with Gasteiger partial charge in [-0.2, -0.15) is 0 Å². The van der Waals surface area contributed by atoms with Gasteiger partial charge in [0.2, 0.25) is 11.6 Å². The molecule has 29 heavy (non-hydrogen) atoms. The largest absolute Gasteiger partial charge is 0.361 e. The van der Waals surface area contributed by atoms with Crippen molar-refractivity contribution in [3.8, 4) is 0 Å². The number of aromatic nitrogens is 2. The standard InChI is InChI=1S/C20H27ClN6O2/c1-12-6-7-13(8-15(12)21)24-17-16(27(28)29)18(23-11-22-17)25-14-9-19(2,3)26-20(4,5)10-14/h6-8,11,14,26H,9-10H2,1-5H3,(H2,22,23,24,25). The highest BCUT2D eigenvalue weighted by molar-refractivity contribution is 6.31. The van der Waals surface area contributed by atoms with Crippen LogP contribution in [0.3, 0.4) is 0 Å². The minimum Gasteiger partial charge on any atom is -0.361 e. The highest BCUT2D eigenvalue weighted by Crippen LogP contribution is 2.35. The van der Waals surface area contributed by atoms with E-state index in [1.807, 2.05) is 13.0 Å². The van der Waals surface area contributed by atoms with Crippen molar-refractivity contribution in [1.29, 1.82) is 0 Å². The van der Waals surface area contributed by atoms with Crippen molar-refractivity contribution in [1.82, 2.24) is 15.3 Å². The number of hydrogen-bond acceptors (Lipinski definition) is 7. The molecule has 0 spiro atoms. The van der Waals surface area contributed by atoms with Crippen LogP contribution >= 0.6 is 11.6 Å². The Kier molecular flexibility index (Phi) is 5.69. The van der Waals surface area contributed by atoms with Gasteiger partial charge in [0.25, 0.3) is 0 Å². The molecule has 0 radical (unpaired) electrons. The Labute approximate surface area is 175 Å². The molecule has 2 aromatic rings. The SMILES string of the molecule is Cc1ccc(Nc2ncnc(NC3CC(C)(C)NC(C)(C)C3)c2[N+](=O)[O-])cc1Cl. The van der Waals surface area contributed by atoms with Gasteiger partial charge in [-0.05, 0) is 65.2 Å². The number of benzene rings is 1. The third-order valence-electron chi connectivity index (χ3n) is 4.97. The summed E-state index contributed by atoms with van der Waals surface area (Å²) < 4.78 is 0. The number of anilines is 3. The smallest absolute Gasteiger partial charge is 0.353 e. The van der Waals surface area contributed by atoms with Gasteiger partial charge in [-0.3, -0.25) is 10.1 Å². The van der Waals surface area contributed by atoms with Gasteiger partial charge in [-0.1, -0.05) is 17.7 Å². The van der Waals surface area contributed by atoms with Crippen LogP contribution in [0.2, 0.25) is 5.02 Å². The Morgan fingerprint density at radius 2 is 1.79 bits per heavy atom. The molecule has 1 aromatic heterocycles. The second kappa shape index (κ2) is 7.76. The minimum atomic E-state index is -0.460. The number of aryl methyl sites for hydroxylation is 1. The molecule has 1 aliphatic rings. The molecular formula is C20H27ClN6O2. The summed E-state index contributed by atoms with van der Waals surface area (Å²) in [7, 11) is 0. The molecular weight excluding hydrogens is 392 g/mol. The maximum Gasteiger partial charge on any atom is 0.353 e. The normalized spacial score (nSPS) is 18.3. The molecule has 1 saturated heterocycles. The quantitative estimate of drug-likeness (QED) is 0.472. The second-order valence-electron chi connectivity index (χ2n) is 8.91. The molecule has 156 valence electrons. The van der Waals surface area contributed by atoms with Crippen LogP contribution in [0, 0.1) is 17.0 Å². The fraction of sp³-hybridized carbons (Fsp3) is 0.500. The number of hydrogen-bond donors (Lipinski definition) is 3. The highest BCUT2D eigenvalue weighted by Gasteiger charge is 2.38. The molecule has 0 aliphatic carbocycles. The molecule has 2 heterocycles. The number of rotatable bonds is 5. The van der Waals surface area contributed by atoms with Crippen molar-refractivity contribution < 1.29 is 4.92 Å². The Balaban J connectivity index is 1.91. The average Bonchev–Trinajstić information content (AvgIpc) is 2.55.